The molecule has 0 saturated carbocycles. The van der Waals surface area contributed by atoms with Gasteiger partial charge in [-0.2, -0.15) is 5.10 Å². The van der Waals surface area contributed by atoms with Crippen LogP contribution >= 0.6 is 12.4 Å². The Hall–Kier alpha value is -3.20. The maximum atomic E-state index is 11.8. The number of halogens is 1. The van der Waals surface area contributed by atoms with Crippen molar-refractivity contribution in [3.63, 3.8) is 0 Å². The van der Waals surface area contributed by atoms with Gasteiger partial charge < -0.3 is 19.9 Å². The number of fused-ring (bicyclic) bond motifs is 1. The lowest BCUT2D eigenvalue weighted by Gasteiger charge is -2.30. The first-order valence-electron chi connectivity index (χ1n) is 9.83. The van der Waals surface area contributed by atoms with E-state index >= 15 is 0 Å². The SMILES string of the molecule is CNC[C@@](O)(c1cc(OC)cc(OC)c1)c1ccc2ncc(-c3cnn(C)c3)nc2c1.Cl. The summed E-state index contributed by atoms with van der Waals surface area (Å²) < 4.78 is 12.5. The second-order valence-corrected chi connectivity index (χ2v) is 7.35. The third-order valence-corrected chi connectivity index (χ3v) is 5.28. The number of aromatic nitrogens is 4. The number of methoxy groups -OCH3 is 2. The van der Waals surface area contributed by atoms with E-state index < -0.39 is 5.60 Å². The van der Waals surface area contributed by atoms with E-state index in [1.54, 1.807) is 44.4 Å². The standard InChI is InChI=1S/C23H25N5O3.ClH/c1-24-14-23(29,17-7-18(30-3)10-19(8-17)31-4)16-5-6-20-21(9-16)27-22(12-25-20)15-11-26-28(2)13-15;/h5-13,24,29H,14H2,1-4H3;1H/t23-;/m0./s1. The molecule has 2 heterocycles. The quantitative estimate of drug-likeness (QED) is 0.442. The fourth-order valence-electron chi connectivity index (χ4n) is 3.63. The molecule has 2 N–H and O–H groups in total. The summed E-state index contributed by atoms with van der Waals surface area (Å²) in [6, 6.07) is 11.0. The highest BCUT2D eigenvalue weighted by molar-refractivity contribution is 5.85. The summed E-state index contributed by atoms with van der Waals surface area (Å²) in [7, 11) is 6.82. The highest BCUT2D eigenvalue weighted by atomic mass is 35.5. The molecule has 0 saturated heterocycles. The monoisotopic (exact) mass is 455 g/mol. The maximum absolute atomic E-state index is 11.8. The number of likely N-dealkylation sites (N-methyl/N-ethyl adjacent to an activating group) is 1. The smallest absolute Gasteiger partial charge is 0.127 e. The Labute approximate surface area is 192 Å². The summed E-state index contributed by atoms with van der Waals surface area (Å²) in [6.45, 7) is 0.282. The van der Waals surface area contributed by atoms with Crippen molar-refractivity contribution in [2.24, 2.45) is 7.05 Å². The molecule has 0 unspecified atom stereocenters. The number of hydrogen-bond acceptors (Lipinski definition) is 7. The zero-order valence-electron chi connectivity index (χ0n) is 18.4. The third-order valence-electron chi connectivity index (χ3n) is 5.28. The number of nitrogens with one attached hydrogen (secondary N) is 1. The molecule has 0 amide bonds. The van der Waals surface area contributed by atoms with Crippen LogP contribution in [0.5, 0.6) is 11.5 Å². The topological polar surface area (TPSA) is 94.3 Å². The van der Waals surface area contributed by atoms with Crippen LogP contribution in [0.15, 0.2) is 55.0 Å². The molecule has 8 nitrogen and oxygen atoms in total. The number of benzene rings is 2. The Kier molecular flexibility index (Phi) is 6.98. The Balaban J connectivity index is 0.00000289. The molecular weight excluding hydrogens is 430 g/mol. The van der Waals surface area contributed by atoms with Gasteiger partial charge in [-0.25, -0.2) is 4.98 Å². The lowest BCUT2D eigenvalue weighted by atomic mass is 9.85. The first kappa shape index (κ1) is 23.5. The van der Waals surface area contributed by atoms with E-state index in [-0.39, 0.29) is 19.0 Å². The number of aryl methyl sites for hydroxylation is 1. The van der Waals surface area contributed by atoms with Gasteiger partial charge in [-0.15, -0.1) is 12.4 Å². The summed E-state index contributed by atoms with van der Waals surface area (Å²) >= 11 is 0. The number of aliphatic hydroxyl groups is 1. The normalized spacial score (nSPS) is 12.8. The third kappa shape index (κ3) is 4.38. The van der Waals surface area contributed by atoms with Crippen LogP contribution in [0.25, 0.3) is 22.3 Å². The Morgan fingerprint density at radius 1 is 1.00 bits per heavy atom. The van der Waals surface area contributed by atoms with Crippen LogP contribution in [-0.4, -0.2) is 52.7 Å². The van der Waals surface area contributed by atoms with Gasteiger partial charge in [0.15, 0.2) is 0 Å². The van der Waals surface area contributed by atoms with Gasteiger partial charge in [-0.05, 0) is 42.4 Å². The minimum absolute atomic E-state index is 0. The first-order valence-corrected chi connectivity index (χ1v) is 9.83. The minimum atomic E-state index is -1.34. The van der Waals surface area contributed by atoms with Gasteiger partial charge in [0.25, 0.3) is 0 Å². The summed E-state index contributed by atoms with van der Waals surface area (Å²) in [4.78, 5) is 9.28. The van der Waals surface area contributed by atoms with Crippen LogP contribution in [0.1, 0.15) is 11.1 Å². The van der Waals surface area contributed by atoms with Crippen molar-refractivity contribution >= 4 is 23.4 Å². The van der Waals surface area contributed by atoms with E-state index in [0.717, 1.165) is 16.8 Å². The maximum Gasteiger partial charge on any atom is 0.127 e. The molecule has 32 heavy (non-hydrogen) atoms. The molecule has 0 radical (unpaired) electrons. The van der Waals surface area contributed by atoms with Crippen molar-refractivity contribution in [1.82, 2.24) is 25.1 Å². The van der Waals surface area contributed by atoms with Crippen LogP contribution < -0.4 is 14.8 Å². The van der Waals surface area contributed by atoms with Crippen molar-refractivity contribution in [1.29, 1.82) is 0 Å². The van der Waals surface area contributed by atoms with E-state index in [2.05, 4.69) is 15.4 Å². The summed E-state index contributed by atoms with van der Waals surface area (Å²) in [5, 5.41) is 19.1. The van der Waals surface area contributed by atoms with Crippen LogP contribution in [0.4, 0.5) is 0 Å². The van der Waals surface area contributed by atoms with Gasteiger partial charge in [0.1, 0.15) is 17.1 Å². The average Bonchev–Trinajstić information content (AvgIpc) is 3.24. The molecule has 0 aliphatic carbocycles. The molecule has 4 rings (SSSR count). The van der Waals surface area contributed by atoms with Gasteiger partial charge in [0.2, 0.25) is 0 Å². The van der Waals surface area contributed by atoms with E-state index in [1.807, 2.05) is 43.6 Å². The second-order valence-electron chi connectivity index (χ2n) is 7.35. The average molecular weight is 456 g/mol. The summed E-state index contributed by atoms with van der Waals surface area (Å²) in [5.74, 6) is 1.20. The molecular formula is C23H26ClN5O3. The molecule has 0 fully saturated rings. The summed E-state index contributed by atoms with van der Waals surface area (Å²) in [6.07, 6.45) is 5.37. The van der Waals surface area contributed by atoms with E-state index in [1.165, 1.54) is 0 Å². The Morgan fingerprint density at radius 2 is 1.72 bits per heavy atom. The van der Waals surface area contributed by atoms with Gasteiger partial charge >= 0.3 is 0 Å². The number of hydrogen-bond donors (Lipinski definition) is 2. The highest BCUT2D eigenvalue weighted by Crippen LogP contribution is 2.35. The van der Waals surface area contributed by atoms with Crippen LogP contribution in [-0.2, 0) is 12.6 Å². The highest BCUT2D eigenvalue weighted by Gasteiger charge is 2.32. The van der Waals surface area contributed by atoms with Crippen LogP contribution in [0.3, 0.4) is 0 Å². The predicted molar refractivity (Wildman–Crippen MR) is 125 cm³/mol. The number of nitrogens with zero attached hydrogens (tertiary/aromatic N) is 4. The van der Waals surface area contributed by atoms with Gasteiger partial charge in [0.05, 0.1) is 43.3 Å². The molecule has 2 aromatic heterocycles. The minimum Gasteiger partial charge on any atom is -0.497 e. The molecule has 168 valence electrons. The lowest BCUT2D eigenvalue weighted by molar-refractivity contribution is 0.0819. The molecule has 0 aliphatic heterocycles. The van der Waals surface area contributed by atoms with Crippen LogP contribution in [0.2, 0.25) is 0 Å². The fourth-order valence-corrected chi connectivity index (χ4v) is 3.63. The van der Waals surface area contributed by atoms with Crippen molar-refractivity contribution in [3.8, 4) is 22.8 Å². The number of ether oxygens (including phenoxy) is 2. The largest absolute Gasteiger partial charge is 0.497 e. The van der Waals surface area contributed by atoms with E-state index in [0.29, 0.717) is 28.1 Å². The van der Waals surface area contributed by atoms with Crippen molar-refractivity contribution < 1.29 is 14.6 Å². The van der Waals surface area contributed by atoms with Gasteiger partial charge in [0, 0.05) is 31.4 Å². The Morgan fingerprint density at radius 3 is 2.31 bits per heavy atom. The second kappa shape index (κ2) is 9.52. The van der Waals surface area contributed by atoms with Crippen molar-refractivity contribution in [2.45, 2.75) is 5.60 Å². The lowest BCUT2D eigenvalue weighted by Crippen LogP contribution is -2.37. The van der Waals surface area contributed by atoms with Crippen molar-refractivity contribution in [2.75, 3.05) is 27.8 Å². The Bertz CT molecular complexity index is 1210. The zero-order valence-corrected chi connectivity index (χ0v) is 19.2. The molecule has 1 atom stereocenters. The van der Waals surface area contributed by atoms with Crippen LogP contribution in [0, 0.1) is 0 Å². The molecule has 0 bridgehead atoms. The molecule has 9 heteroatoms. The molecule has 0 aliphatic rings. The van der Waals surface area contributed by atoms with Crippen molar-refractivity contribution in [3.05, 3.63) is 66.1 Å². The van der Waals surface area contributed by atoms with Gasteiger partial charge in [-0.1, -0.05) is 6.07 Å². The zero-order chi connectivity index (χ0) is 22.0. The molecule has 0 spiro atoms. The fraction of sp³-hybridized carbons (Fsp3) is 0.261. The number of rotatable bonds is 7. The predicted octanol–water partition coefficient (Wildman–Crippen LogP) is 2.92. The van der Waals surface area contributed by atoms with E-state index in [9.17, 15) is 5.11 Å². The van der Waals surface area contributed by atoms with E-state index in [4.69, 9.17) is 14.5 Å². The summed E-state index contributed by atoms with van der Waals surface area (Å²) in [5.41, 5.74) is 3.02. The first-order chi connectivity index (χ1) is 15.0. The van der Waals surface area contributed by atoms with Gasteiger partial charge in [-0.3, -0.25) is 9.67 Å². The molecule has 2 aromatic carbocycles. The molecule has 4 aromatic rings.